The predicted octanol–water partition coefficient (Wildman–Crippen LogP) is 4.54. The van der Waals surface area contributed by atoms with Crippen molar-refractivity contribution >= 4 is 45.0 Å². The highest BCUT2D eigenvalue weighted by molar-refractivity contribution is 9.10. The van der Waals surface area contributed by atoms with Crippen LogP contribution < -0.4 is 10.5 Å². The Kier molecular flexibility index (Phi) is 5.18. The van der Waals surface area contributed by atoms with Gasteiger partial charge in [0.15, 0.2) is 6.23 Å². The first-order valence-electron chi connectivity index (χ1n) is 9.60. The van der Waals surface area contributed by atoms with Crippen molar-refractivity contribution < 1.29 is 9.53 Å². The number of rotatable bonds is 2. The molecule has 1 saturated heterocycles. The lowest BCUT2D eigenvalue weighted by molar-refractivity contribution is -0.0429. The van der Waals surface area contributed by atoms with Gasteiger partial charge in [-0.2, -0.15) is 9.78 Å². The number of anilines is 2. The van der Waals surface area contributed by atoms with Crippen molar-refractivity contribution in [3.05, 3.63) is 69.2 Å². The molecule has 4 heterocycles. The first-order valence-corrected chi connectivity index (χ1v) is 11.2. The number of halogens is 1. The van der Waals surface area contributed by atoms with E-state index in [0.717, 1.165) is 23.7 Å². The highest BCUT2D eigenvalue weighted by Gasteiger charge is 2.33. The topological polar surface area (TPSA) is 77.3 Å². The Morgan fingerprint density at radius 2 is 1.97 bits per heavy atom. The number of hydrogen-bond acceptors (Lipinski definition) is 6. The van der Waals surface area contributed by atoms with Crippen molar-refractivity contribution in [2.45, 2.75) is 35.4 Å². The van der Waals surface area contributed by atoms with Gasteiger partial charge < -0.3 is 4.74 Å². The Bertz CT molecular complexity index is 1180. The Labute approximate surface area is 185 Å². The van der Waals surface area contributed by atoms with Crippen LogP contribution in [0.15, 0.2) is 68.0 Å². The average molecular weight is 485 g/mol. The van der Waals surface area contributed by atoms with Gasteiger partial charge in [0, 0.05) is 23.0 Å². The Hall–Kier alpha value is -2.49. The third-order valence-corrected chi connectivity index (χ3v) is 6.73. The largest absolute Gasteiger partial charge is 0.356 e. The van der Waals surface area contributed by atoms with Gasteiger partial charge in [0.25, 0.3) is 11.5 Å². The molecule has 30 heavy (non-hydrogen) atoms. The van der Waals surface area contributed by atoms with E-state index in [1.54, 1.807) is 24.5 Å². The highest BCUT2D eigenvalue weighted by atomic mass is 79.9. The van der Waals surface area contributed by atoms with Crippen LogP contribution in [-0.2, 0) is 4.74 Å². The van der Waals surface area contributed by atoms with Gasteiger partial charge in [0.1, 0.15) is 9.92 Å². The minimum Gasteiger partial charge on any atom is -0.356 e. The Morgan fingerprint density at radius 1 is 1.13 bits per heavy atom. The van der Waals surface area contributed by atoms with Crippen LogP contribution in [0.25, 0.3) is 0 Å². The fraction of sp³-hybridized carbons (Fsp3) is 0.238. The van der Waals surface area contributed by atoms with Crippen LogP contribution in [0.2, 0.25) is 0 Å². The molecule has 1 atom stereocenters. The quantitative estimate of drug-likeness (QED) is 0.531. The molecular weight excluding hydrogens is 468 g/mol. The summed E-state index contributed by atoms with van der Waals surface area (Å²) in [6.07, 6.45) is 5.51. The number of pyridine rings is 1. The zero-order chi connectivity index (χ0) is 20.7. The van der Waals surface area contributed by atoms with E-state index in [4.69, 9.17) is 4.74 Å². The maximum absolute atomic E-state index is 13.5. The molecule has 2 aromatic heterocycles. The molecule has 2 aliphatic rings. The summed E-state index contributed by atoms with van der Waals surface area (Å²) in [5, 5.41) is 4.89. The number of benzene rings is 1. The summed E-state index contributed by atoms with van der Waals surface area (Å²) < 4.78 is 8.06. The summed E-state index contributed by atoms with van der Waals surface area (Å²) >= 11 is 4.63. The maximum atomic E-state index is 13.5. The fourth-order valence-electron chi connectivity index (χ4n) is 3.63. The van der Waals surface area contributed by atoms with E-state index in [9.17, 15) is 9.59 Å². The number of amides is 1. The molecule has 3 aromatic rings. The number of hydrogen-bond donors (Lipinski definition) is 0. The van der Waals surface area contributed by atoms with Crippen LogP contribution >= 0.6 is 27.7 Å². The van der Waals surface area contributed by atoms with Crippen molar-refractivity contribution in [1.29, 1.82) is 0 Å². The van der Waals surface area contributed by atoms with Gasteiger partial charge in [-0.3, -0.25) is 14.5 Å². The molecule has 0 bridgehead atoms. The van der Waals surface area contributed by atoms with Crippen LogP contribution in [0.4, 0.5) is 11.4 Å². The van der Waals surface area contributed by atoms with Gasteiger partial charge >= 0.3 is 0 Å². The van der Waals surface area contributed by atoms with Gasteiger partial charge in [-0.1, -0.05) is 27.7 Å². The van der Waals surface area contributed by atoms with E-state index in [1.165, 1.54) is 21.3 Å². The first-order chi connectivity index (χ1) is 14.6. The number of aromatic nitrogens is 3. The minimum absolute atomic E-state index is 0.250. The lowest BCUT2D eigenvalue weighted by Crippen LogP contribution is -2.34. The highest BCUT2D eigenvalue weighted by Crippen LogP contribution is 2.41. The molecule has 2 aliphatic heterocycles. The third kappa shape index (κ3) is 3.36. The van der Waals surface area contributed by atoms with Gasteiger partial charge in [0.05, 0.1) is 17.4 Å². The van der Waals surface area contributed by atoms with E-state index >= 15 is 0 Å². The zero-order valence-electron chi connectivity index (χ0n) is 15.8. The van der Waals surface area contributed by atoms with Gasteiger partial charge in [-0.25, -0.2) is 4.98 Å². The SMILES string of the molecule is O=C1c2cccnc2Sc2c(cnn(C3CCCCO3)c2=O)N1c1ccc(Br)cc1. The summed E-state index contributed by atoms with van der Waals surface area (Å²) in [6.45, 7) is 0.608. The number of nitrogens with zero attached hydrogens (tertiary/aromatic N) is 4. The van der Waals surface area contributed by atoms with Crippen molar-refractivity contribution in [2.24, 2.45) is 0 Å². The Balaban J connectivity index is 1.71. The number of carbonyl (C=O) groups is 1. The summed E-state index contributed by atoms with van der Waals surface area (Å²) in [6, 6.07) is 10.8. The second-order valence-corrected chi connectivity index (χ2v) is 8.92. The predicted molar refractivity (Wildman–Crippen MR) is 116 cm³/mol. The van der Waals surface area contributed by atoms with Crippen LogP contribution in [0, 0.1) is 0 Å². The summed E-state index contributed by atoms with van der Waals surface area (Å²) in [7, 11) is 0. The molecule has 152 valence electrons. The lowest BCUT2D eigenvalue weighted by Gasteiger charge is -2.26. The molecule has 9 heteroatoms. The lowest BCUT2D eigenvalue weighted by atomic mass is 10.2. The van der Waals surface area contributed by atoms with Gasteiger partial charge in [0.2, 0.25) is 0 Å². The third-order valence-electron chi connectivity index (χ3n) is 5.10. The second kappa shape index (κ2) is 7.98. The summed E-state index contributed by atoms with van der Waals surface area (Å²) in [4.78, 5) is 33.2. The maximum Gasteiger partial charge on any atom is 0.285 e. The van der Waals surface area contributed by atoms with E-state index in [0.29, 0.717) is 33.5 Å². The standard InChI is InChI=1S/C21H17BrN4O3S/c22-13-6-8-14(9-7-13)25-16-12-24-26(17-5-1-2-11-29-17)21(28)18(16)30-19-15(20(25)27)4-3-10-23-19/h3-4,6-10,12,17H,1-2,5,11H2. The van der Waals surface area contributed by atoms with E-state index in [2.05, 4.69) is 26.0 Å². The van der Waals surface area contributed by atoms with Gasteiger partial charge in [-0.05, 0) is 55.7 Å². The average Bonchev–Trinajstić information content (AvgIpc) is 2.90. The monoisotopic (exact) mass is 484 g/mol. The molecular formula is C21H17BrN4O3S. The van der Waals surface area contributed by atoms with Crippen molar-refractivity contribution in [1.82, 2.24) is 14.8 Å². The molecule has 1 unspecified atom stereocenters. The molecule has 0 aliphatic carbocycles. The number of ether oxygens (including phenoxy) is 1. The van der Waals surface area contributed by atoms with Crippen molar-refractivity contribution in [2.75, 3.05) is 11.5 Å². The van der Waals surface area contributed by atoms with Crippen molar-refractivity contribution in [3.63, 3.8) is 0 Å². The molecule has 1 amide bonds. The second-order valence-electron chi connectivity index (χ2n) is 7.01. The fourth-order valence-corrected chi connectivity index (χ4v) is 4.89. The molecule has 0 N–H and O–H groups in total. The molecule has 5 rings (SSSR count). The normalized spacial score (nSPS) is 18.5. The van der Waals surface area contributed by atoms with E-state index < -0.39 is 0 Å². The van der Waals surface area contributed by atoms with Crippen molar-refractivity contribution in [3.8, 4) is 0 Å². The molecule has 0 radical (unpaired) electrons. The number of fused-ring (bicyclic) bond motifs is 2. The molecule has 1 fully saturated rings. The first kappa shape index (κ1) is 19.5. The summed E-state index contributed by atoms with van der Waals surface area (Å²) in [5.74, 6) is -0.250. The van der Waals surface area contributed by atoms with Crippen LogP contribution in [0.3, 0.4) is 0 Å². The van der Waals surface area contributed by atoms with E-state index in [1.807, 2.05) is 24.3 Å². The van der Waals surface area contributed by atoms with E-state index in [-0.39, 0.29) is 17.7 Å². The molecule has 1 aromatic carbocycles. The van der Waals surface area contributed by atoms with Gasteiger partial charge in [-0.15, -0.1) is 0 Å². The van der Waals surface area contributed by atoms with Crippen LogP contribution in [0.5, 0.6) is 0 Å². The molecule has 0 saturated carbocycles. The minimum atomic E-state index is -0.388. The molecule has 0 spiro atoms. The summed E-state index contributed by atoms with van der Waals surface area (Å²) in [5.41, 5.74) is 1.26. The molecule has 7 nitrogen and oxygen atoms in total. The smallest absolute Gasteiger partial charge is 0.285 e. The Morgan fingerprint density at radius 3 is 2.73 bits per heavy atom. The number of carbonyl (C=O) groups excluding carboxylic acids is 1. The van der Waals surface area contributed by atoms with Crippen LogP contribution in [0.1, 0.15) is 35.8 Å². The zero-order valence-corrected chi connectivity index (χ0v) is 18.2. The van der Waals surface area contributed by atoms with Crippen LogP contribution in [-0.4, -0.2) is 27.3 Å².